The first kappa shape index (κ1) is 14.5. The molecule has 1 atom stereocenters. The van der Waals surface area contributed by atoms with Crippen LogP contribution in [0, 0.1) is 23.2 Å². The minimum atomic E-state index is 0.586. The Balaban J connectivity index is 1.50. The van der Waals surface area contributed by atoms with Gasteiger partial charge in [-0.25, -0.2) is 4.98 Å². The monoisotopic (exact) mass is 323 g/mol. The van der Waals surface area contributed by atoms with E-state index in [2.05, 4.69) is 21.6 Å². The standard InChI is InChI=1S/C16H25N3S2/c1-2-17-14(9-20-15-18-10-19-21-15)16-6-11-3-12(7-16)5-13(4-11)8-16/h10-14,17H,2-9H2,1H3. The third kappa shape index (κ3) is 2.77. The molecule has 1 unspecified atom stereocenters. The van der Waals surface area contributed by atoms with Gasteiger partial charge in [0.2, 0.25) is 0 Å². The molecule has 4 saturated carbocycles. The second kappa shape index (κ2) is 5.82. The lowest BCUT2D eigenvalue weighted by Crippen LogP contribution is -2.56. The van der Waals surface area contributed by atoms with Crippen LogP contribution in [-0.2, 0) is 0 Å². The maximum atomic E-state index is 4.34. The van der Waals surface area contributed by atoms with Gasteiger partial charge >= 0.3 is 0 Å². The van der Waals surface area contributed by atoms with Crippen LogP contribution in [0.1, 0.15) is 45.4 Å². The van der Waals surface area contributed by atoms with Gasteiger partial charge in [0.15, 0.2) is 4.34 Å². The lowest BCUT2D eigenvalue weighted by atomic mass is 9.48. The van der Waals surface area contributed by atoms with E-state index in [1.807, 2.05) is 11.8 Å². The summed E-state index contributed by atoms with van der Waals surface area (Å²) in [6.07, 6.45) is 10.7. The Bertz CT molecular complexity index is 439. The molecule has 3 nitrogen and oxygen atoms in total. The number of aromatic nitrogens is 2. The topological polar surface area (TPSA) is 37.8 Å². The van der Waals surface area contributed by atoms with E-state index in [-0.39, 0.29) is 0 Å². The van der Waals surface area contributed by atoms with E-state index in [1.165, 1.54) is 50.1 Å². The van der Waals surface area contributed by atoms with Gasteiger partial charge in [0.1, 0.15) is 6.33 Å². The molecule has 21 heavy (non-hydrogen) atoms. The van der Waals surface area contributed by atoms with Crippen molar-refractivity contribution in [1.82, 2.24) is 14.7 Å². The molecule has 5 heteroatoms. The number of hydrogen-bond donors (Lipinski definition) is 1. The van der Waals surface area contributed by atoms with Crippen LogP contribution in [0.15, 0.2) is 10.7 Å². The first-order valence-electron chi connectivity index (χ1n) is 8.40. The Hall–Kier alpha value is -0.130. The van der Waals surface area contributed by atoms with Gasteiger partial charge in [0.05, 0.1) is 0 Å². The smallest absolute Gasteiger partial charge is 0.169 e. The van der Waals surface area contributed by atoms with Gasteiger partial charge in [0, 0.05) is 11.8 Å². The number of hydrogen-bond acceptors (Lipinski definition) is 5. The average molecular weight is 324 g/mol. The summed E-state index contributed by atoms with van der Waals surface area (Å²) in [5.41, 5.74) is 0.586. The Kier molecular flexibility index (Phi) is 4.01. The van der Waals surface area contributed by atoms with E-state index in [4.69, 9.17) is 0 Å². The van der Waals surface area contributed by atoms with E-state index in [0.29, 0.717) is 11.5 Å². The molecule has 1 heterocycles. The fourth-order valence-corrected chi connectivity index (χ4v) is 7.41. The molecule has 0 spiro atoms. The number of thioether (sulfide) groups is 1. The maximum absolute atomic E-state index is 4.34. The highest BCUT2D eigenvalue weighted by Crippen LogP contribution is 2.61. The van der Waals surface area contributed by atoms with Gasteiger partial charge in [-0.15, -0.1) is 0 Å². The molecule has 4 aliphatic rings. The lowest BCUT2D eigenvalue weighted by molar-refractivity contribution is -0.0691. The Morgan fingerprint density at radius 2 is 1.95 bits per heavy atom. The predicted molar refractivity (Wildman–Crippen MR) is 88.7 cm³/mol. The van der Waals surface area contributed by atoms with Crippen molar-refractivity contribution in [3.8, 4) is 0 Å². The van der Waals surface area contributed by atoms with Crippen LogP contribution in [0.2, 0.25) is 0 Å². The molecular formula is C16H25N3S2. The van der Waals surface area contributed by atoms with E-state index in [9.17, 15) is 0 Å². The summed E-state index contributed by atoms with van der Waals surface area (Å²) in [7, 11) is 0. The minimum absolute atomic E-state index is 0.586. The van der Waals surface area contributed by atoms with Crippen LogP contribution in [0.3, 0.4) is 0 Å². The molecule has 4 fully saturated rings. The van der Waals surface area contributed by atoms with Gasteiger partial charge in [-0.05, 0) is 79.8 Å². The SMILES string of the molecule is CCNC(CSc1ncns1)C12CC3CC(CC(C3)C1)C2. The highest BCUT2D eigenvalue weighted by molar-refractivity contribution is 8.00. The Morgan fingerprint density at radius 1 is 1.29 bits per heavy atom. The van der Waals surface area contributed by atoms with Gasteiger partial charge in [0.25, 0.3) is 0 Å². The van der Waals surface area contributed by atoms with Gasteiger partial charge in [-0.2, -0.15) is 4.37 Å². The summed E-state index contributed by atoms with van der Waals surface area (Å²) in [6, 6.07) is 0.657. The Morgan fingerprint density at radius 3 is 2.48 bits per heavy atom. The van der Waals surface area contributed by atoms with Crippen molar-refractivity contribution >= 4 is 23.3 Å². The van der Waals surface area contributed by atoms with Crippen LogP contribution in [0.4, 0.5) is 0 Å². The number of nitrogens with zero attached hydrogens (tertiary/aromatic N) is 2. The van der Waals surface area contributed by atoms with E-state index in [0.717, 1.165) is 34.4 Å². The summed E-state index contributed by atoms with van der Waals surface area (Å²) in [4.78, 5) is 4.34. The molecule has 0 saturated heterocycles. The largest absolute Gasteiger partial charge is 0.313 e. The summed E-state index contributed by atoms with van der Waals surface area (Å²) in [5, 5.41) is 3.84. The Labute approximate surface area is 135 Å². The molecule has 1 aromatic heterocycles. The summed E-state index contributed by atoms with van der Waals surface area (Å²) >= 11 is 3.44. The summed E-state index contributed by atoms with van der Waals surface area (Å²) in [5.74, 6) is 4.26. The van der Waals surface area contributed by atoms with Crippen molar-refractivity contribution < 1.29 is 0 Å². The van der Waals surface area contributed by atoms with Crippen molar-refractivity contribution in [1.29, 1.82) is 0 Å². The zero-order chi connectivity index (χ0) is 14.3. The first-order chi connectivity index (χ1) is 10.3. The third-order valence-electron chi connectivity index (χ3n) is 5.99. The van der Waals surface area contributed by atoms with Crippen molar-refractivity contribution in [2.45, 2.75) is 55.8 Å². The maximum Gasteiger partial charge on any atom is 0.169 e. The van der Waals surface area contributed by atoms with Crippen molar-refractivity contribution in [2.75, 3.05) is 12.3 Å². The van der Waals surface area contributed by atoms with E-state index < -0.39 is 0 Å². The summed E-state index contributed by atoms with van der Waals surface area (Å²) in [6.45, 7) is 3.34. The third-order valence-corrected chi connectivity index (χ3v) is 7.88. The van der Waals surface area contributed by atoms with Gasteiger partial charge in [-0.3, -0.25) is 0 Å². The van der Waals surface area contributed by atoms with Crippen molar-refractivity contribution in [3.63, 3.8) is 0 Å². The quantitative estimate of drug-likeness (QED) is 0.808. The zero-order valence-electron chi connectivity index (χ0n) is 12.8. The lowest BCUT2D eigenvalue weighted by Gasteiger charge is -2.59. The molecule has 116 valence electrons. The molecule has 1 aromatic rings. The minimum Gasteiger partial charge on any atom is -0.313 e. The molecular weight excluding hydrogens is 298 g/mol. The fourth-order valence-electron chi connectivity index (χ4n) is 5.68. The number of rotatable bonds is 6. The molecule has 0 aromatic carbocycles. The van der Waals surface area contributed by atoms with Gasteiger partial charge < -0.3 is 5.32 Å². The molecule has 4 aliphatic carbocycles. The van der Waals surface area contributed by atoms with Crippen LogP contribution in [0.25, 0.3) is 0 Å². The average Bonchev–Trinajstić information content (AvgIpc) is 2.95. The van der Waals surface area contributed by atoms with Crippen LogP contribution >= 0.6 is 23.3 Å². The van der Waals surface area contributed by atoms with Crippen LogP contribution in [-0.4, -0.2) is 27.7 Å². The highest BCUT2D eigenvalue weighted by Gasteiger charge is 2.53. The second-order valence-electron chi connectivity index (χ2n) is 7.41. The van der Waals surface area contributed by atoms with Crippen LogP contribution < -0.4 is 5.32 Å². The van der Waals surface area contributed by atoms with E-state index >= 15 is 0 Å². The molecule has 0 amide bonds. The second-order valence-corrected chi connectivity index (χ2v) is 9.46. The summed E-state index contributed by atoms with van der Waals surface area (Å²) < 4.78 is 5.26. The molecule has 0 aliphatic heterocycles. The van der Waals surface area contributed by atoms with E-state index in [1.54, 1.807) is 6.33 Å². The highest BCUT2D eigenvalue weighted by atomic mass is 32.2. The normalized spacial score (nSPS) is 38.8. The molecule has 5 rings (SSSR count). The fraction of sp³-hybridized carbons (Fsp3) is 0.875. The van der Waals surface area contributed by atoms with Gasteiger partial charge in [-0.1, -0.05) is 18.7 Å². The first-order valence-corrected chi connectivity index (χ1v) is 10.2. The molecule has 0 radical (unpaired) electrons. The molecule has 4 bridgehead atoms. The predicted octanol–water partition coefficient (Wildman–Crippen LogP) is 3.82. The number of nitrogens with one attached hydrogen (secondary N) is 1. The van der Waals surface area contributed by atoms with Crippen LogP contribution in [0.5, 0.6) is 0 Å². The molecule has 1 N–H and O–H groups in total. The van der Waals surface area contributed by atoms with Crippen molar-refractivity contribution in [2.24, 2.45) is 23.2 Å². The zero-order valence-corrected chi connectivity index (χ0v) is 14.4. The van der Waals surface area contributed by atoms with Crippen molar-refractivity contribution in [3.05, 3.63) is 6.33 Å².